The van der Waals surface area contributed by atoms with E-state index >= 15 is 0 Å². The molecule has 0 aliphatic carbocycles. The molecule has 0 saturated carbocycles. The average Bonchev–Trinajstić information content (AvgIpc) is 2.19. The van der Waals surface area contributed by atoms with Crippen LogP contribution in [-0.2, 0) is 0 Å². The van der Waals surface area contributed by atoms with E-state index in [4.69, 9.17) is 23.8 Å². The SMILES string of the molecule is CC(C)n1c(=S)[nH]c2ccc(Cl)cc2c1=O. The molecule has 1 heterocycles. The zero-order chi connectivity index (χ0) is 11.9. The van der Waals surface area contributed by atoms with Crippen molar-refractivity contribution < 1.29 is 0 Å². The maximum atomic E-state index is 12.2. The molecule has 1 aromatic carbocycles. The summed E-state index contributed by atoms with van der Waals surface area (Å²) in [5.74, 6) is 0. The van der Waals surface area contributed by atoms with Crippen LogP contribution in [0, 0.1) is 4.77 Å². The van der Waals surface area contributed by atoms with E-state index in [1.54, 1.807) is 22.8 Å². The third kappa shape index (κ3) is 1.79. The van der Waals surface area contributed by atoms with Gasteiger partial charge in [0.05, 0.1) is 10.9 Å². The summed E-state index contributed by atoms with van der Waals surface area (Å²) in [6.07, 6.45) is 0. The highest BCUT2D eigenvalue weighted by Crippen LogP contribution is 2.15. The number of halogens is 1. The summed E-state index contributed by atoms with van der Waals surface area (Å²) in [5, 5.41) is 1.11. The van der Waals surface area contributed by atoms with Crippen molar-refractivity contribution in [1.82, 2.24) is 9.55 Å². The number of H-pyrrole nitrogens is 1. The molecule has 2 aromatic rings. The lowest BCUT2D eigenvalue weighted by atomic mass is 10.2. The van der Waals surface area contributed by atoms with E-state index in [2.05, 4.69) is 4.98 Å². The van der Waals surface area contributed by atoms with Crippen LogP contribution in [0.2, 0.25) is 5.02 Å². The molecule has 0 bridgehead atoms. The molecule has 3 nitrogen and oxygen atoms in total. The normalized spacial score (nSPS) is 11.2. The monoisotopic (exact) mass is 254 g/mol. The maximum absolute atomic E-state index is 12.2. The molecule has 0 radical (unpaired) electrons. The molecule has 5 heteroatoms. The van der Waals surface area contributed by atoms with Gasteiger partial charge in [-0.1, -0.05) is 11.6 Å². The van der Waals surface area contributed by atoms with Gasteiger partial charge < -0.3 is 4.98 Å². The number of nitrogens with one attached hydrogen (secondary N) is 1. The summed E-state index contributed by atoms with van der Waals surface area (Å²) in [7, 11) is 0. The molecule has 1 aromatic heterocycles. The number of hydrogen-bond donors (Lipinski definition) is 1. The molecule has 0 aliphatic rings. The third-order valence-corrected chi connectivity index (χ3v) is 2.94. The van der Waals surface area contributed by atoms with Crippen molar-refractivity contribution in [2.75, 3.05) is 0 Å². The smallest absolute Gasteiger partial charge is 0.262 e. The summed E-state index contributed by atoms with van der Waals surface area (Å²) in [5.41, 5.74) is 0.618. The van der Waals surface area contributed by atoms with Crippen molar-refractivity contribution in [2.24, 2.45) is 0 Å². The van der Waals surface area contributed by atoms with E-state index in [9.17, 15) is 4.79 Å². The maximum Gasteiger partial charge on any atom is 0.262 e. The first kappa shape index (κ1) is 11.4. The van der Waals surface area contributed by atoms with Crippen LogP contribution in [0.5, 0.6) is 0 Å². The van der Waals surface area contributed by atoms with E-state index in [1.165, 1.54) is 0 Å². The van der Waals surface area contributed by atoms with Crippen molar-refractivity contribution in [1.29, 1.82) is 0 Å². The van der Waals surface area contributed by atoms with E-state index in [0.29, 0.717) is 15.2 Å². The Morgan fingerprint density at radius 1 is 1.44 bits per heavy atom. The molecule has 2 rings (SSSR count). The predicted molar refractivity (Wildman–Crippen MR) is 68.8 cm³/mol. The first-order valence-electron chi connectivity index (χ1n) is 4.95. The Hall–Kier alpha value is -1.13. The highest BCUT2D eigenvalue weighted by atomic mass is 35.5. The number of benzene rings is 1. The molecular formula is C11H11ClN2OS. The molecule has 0 spiro atoms. The number of aromatic nitrogens is 2. The molecule has 84 valence electrons. The second-order valence-corrected chi connectivity index (χ2v) is 4.71. The molecule has 0 saturated heterocycles. The molecular weight excluding hydrogens is 244 g/mol. The molecule has 16 heavy (non-hydrogen) atoms. The van der Waals surface area contributed by atoms with Crippen molar-refractivity contribution in [2.45, 2.75) is 19.9 Å². The van der Waals surface area contributed by atoms with Crippen LogP contribution in [0.15, 0.2) is 23.0 Å². The standard InChI is InChI=1S/C11H11ClN2OS/c1-6(2)14-10(15)8-5-7(12)3-4-9(8)13-11(14)16/h3-6H,1-2H3,(H,13,16). The molecule has 0 amide bonds. The lowest BCUT2D eigenvalue weighted by molar-refractivity contribution is 0.565. The van der Waals surface area contributed by atoms with Crippen LogP contribution < -0.4 is 5.56 Å². The minimum atomic E-state index is -0.101. The lowest BCUT2D eigenvalue weighted by Crippen LogP contribution is -2.23. The summed E-state index contributed by atoms with van der Waals surface area (Å²) < 4.78 is 1.99. The first-order chi connectivity index (χ1) is 7.50. The van der Waals surface area contributed by atoms with Crippen molar-refractivity contribution in [3.8, 4) is 0 Å². The Morgan fingerprint density at radius 3 is 2.75 bits per heavy atom. The van der Waals surface area contributed by atoms with E-state index in [1.807, 2.05) is 13.8 Å². The second-order valence-electron chi connectivity index (χ2n) is 3.89. The number of rotatable bonds is 1. The minimum Gasteiger partial charge on any atom is -0.332 e. The summed E-state index contributed by atoms with van der Waals surface area (Å²) >= 11 is 11.0. The fourth-order valence-electron chi connectivity index (χ4n) is 1.67. The summed E-state index contributed by atoms with van der Waals surface area (Å²) in [4.78, 5) is 15.2. The average molecular weight is 255 g/mol. The van der Waals surface area contributed by atoms with Crippen molar-refractivity contribution in [3.05, 3.63) is 38.3 Å². The quantitative estimate of drug-likeness (QED) is 0.793. The number of fused-ring (bicyclic) bond motifs is 1. The largest absolute Gasteiger partial charge is 0.332 e. The second kappa shape index (κ2) is 4.03. The zero-order valence-corrected chi connectivity index (χ0v) is 10.5. The Morgan fingerprint density at radius 2 is 2.12 bits per heavy atom. The van der Waals surface area contributed by atoms with Crippen LogP contribution in [0.3, 0.4) is 0 Å². The van der Waals surface area contributed by atoms with Gasteiger partial charge in [-0.15, -0.1) is 0 Å². The Labute approximate surface area is 103 Å². The highest BCUT2D eigenvalue weighted by molar-refractivity contribution is 7.71. The van der Waals surface area contributed by atoms with Gasteiger partial charge in [-0.25, -0.2) is 0 Å². The summed E-state index contributed by atoms with van der Waals surface area (Å²) in [6, 6.07) is 5.18. The van der Waals surface area contributed by atoms with Gasteiger partial charge in [0.25, 0.3) is 5.56 Å². The fourth-order valence-corrected chi connectivity index (χ4v) is 2.24. The molecule has 0 atom stereocenters. The van der Waals surface area contributed by atoms with Crippen molar-refractivity contribution >= 4 is 34.7 Å². The highest BCUT2D eigenvalue weighted by Gasteiger charge is 2.08. The minimum absolute atomic E-state index is 0.0274. The van der Waals surface area contributed by atoms with E-state index < -0.39 is 0 Å². The molecule has 0 fully saturated rings. The van der Waals surface area contributed by atoms with Crippen LogP contribution in [0.4, 0.5) is 0 Å². The Bertz CT molecular complexity index is 657. The van der Waals surface area contributed by atoms with Crippen LogP contribution in [-0.4, -0.2) is 9.55 Å². The van der Waals surface area contributed by atoms with Gasteiger partial charge in [0, 0.05) is 11.1 Å². The van der Waals surface area contributed by atoms with E-state index in [-0.39, 0.29) is 11.6 Å². The van der Waals surface area contributed by atoms with Gasteiger partial charge in [0.15, 0.2) is 4.77 Å². The van der Waals surface area contributed by atoms with E-state index in [0.717, 1.165) is 5.52 Å². The zero-order valence-electron chi connectivity index (χ0n) is 8.95. The van der Waals surface area contributed by atoms with Crippen LogP contribution in [0.25, 0.3) is 10.9 Å². The third-order valence-electron chi connectivity index (χ3n) is 2.41. The number of nitrogens with zero attached hydrogens (tertiary/aromatic N) is 1. The van der Waals surface area contributed by atoms with Crippen molar-refractivity contribution in [3.63, 3.8) is 0 Å². The van der Waals surface area contributed by atoms with Gasteiger partial charge in [-0.05, 0) is 44.3 Å². The number of hydrogen-bond acceptors (Lipinski definition) is 2. The molecule has 0 unspecified atom stereocenters. The first-order valence-corrected chi connectivity index (χ1v) is 5.73. The fraction of sp³-hybridized carbons (Fsp3) is 0.273. The van der Waals surface area contributed by atoms with Crippen LogP contribution >= 0.6 is 23.8 Å². The van der Waals surface area contributed by atoms with Gasteiger partial charge in [0.2, 0.25) is 0 Å². The molecule has 0 aliphatic heterocycles. The topological polar surface area (TPSA) is 37.8 Å². The lowest BCUT2D eigenvalue weighted by Gasteiger charge is -2.11. The predicted octanol–water partition coefficient (Wildman–Crippen LogP) is 3.29. The van der Waals surface area contributed by atoms with Gasteiger partial charge >= 0.3 is 0 Å². The Balaban J connectivity index is 2.97. The van der Waals surface area contributed by atoms with Gasteiger partial charge in [-0.2, -0.15) is 0 Å². The van der Waals surface area contributed by atoms with Gasteiger partial charge in [-0.3, -0.25) is 9.36 Å². The molecule has 1 N–H and O–H groups in total. The number of aromatic amines is 1. The summed E-state index contributed by atoms with van der Waals surface area (Å²) in [6.45, 7) is 3.84. The van der Waals surface area contributed by atoms with Gasteiger partial charge in [0.1, 0.15) is 0 Å². The Kier molecular flexibility index (Phi) is 2.86. The van der Waals surface area contributed by atoms with Crippen LogP contribution in [0.1, 0.15) is 19.9 Å².